The van der Waals surface area contributed by atoms with Crippen LogP contribution in [0.5, 0.6) is 0 Å². The van der Waals surface area contributed by atoms with Crippen LogP contribution < -0.4 is 4.90 Å². The summed E-state index contributed by atoms with van der Waals surface area (Å²) in [5.41, 5.74) is 3.48. The molecule has 0 saturated carbocycles. The van der Waals surface area contributed by atoms with E-state index >= 15 is 0 Å². The third-order valence-electron chi connectivity index (χ3n) is 3.47. The zero-order valence-electron chi connectivity index (χ0n) is 12.2. The van der Waals surface area contributed by atoms with Crippen LogP contribution in [0, 0.1) is 6.92 Å². The van der Waals surface area contributed by atoms with E-state index in [1.807, 2.05) is 30.3 Å². The lowest BCUT2D eigenvalue weighted by Crippen LogP contribution is -2.29. The molecule has 0 spiro atoms. The third kappa shape index (κ3) is 4.60. The van der Waals surface area contributed by atoms with Gasteiger partial charge in [-0.2, -0.15) is 0 Å². The first-order chi connectivity index (χ1) is 10.2. The maximum absolute atomic E-state index is 10.9. The monoisotopic (exact) mass is 284 g/mol. The van der Waals surface area contributed by atoms with Crippen LogP contribution in [0.4, 0.5) is 5.69 Å². The molecule has 1 aromatic heterocycles. The molecule has 1 N–H and O–H groups in total. The van der Waals surface area contributed by atoms with Crippen molar-refractivity contribution in [2.24, 2.45) is 0 Å². The Morgan fingerprint density at radius 2 is 1.86 bits per heavy atom. The topological polar surface area (TPSA) is 53.4 Å². The molecule has 1 aromatic carbocycles. The average molecular weight is 284 g/mol. The Hall–Kier alpha value is -2.36. The minimum Gasteiger partial charge on any atom is -0.481 e. The lowest BCUT2D eigenvalue weighted by atomic mass is 10.1. The van der Waals surface area contributed by atoms with E-state index in [4.69, 9.17) is 5.11 Å². The molecule has 0 saturated heterocycles. The number of para-hydroxylation sites is 1. The van der Waals surface area contributed by atoms with Gasteiger partial charge in [0.1, 0.15) is 0 Å². The first-order valence-electron chi connectivity index (χ1n) is 7.08. The lowest BCUT2D eigenvalue weighted by molar-refractivity contribution is -0.136. The summed E-state index contributed by atoms with van der Waals surface area (Å²) in [6.07, 6.45) is 4.58. The standard InChI is InChI=1S/C17H20N2O2/c1-14-4-2-3-5-16(14)19(13-9-17(20)21)12-8-15-6-10-18-11-7-15/h2-7,10-11H,8-9,12-13H2,1H3,(H,20,21). The Morgan fingerprint density at radius 3 is 2.52 bits per heavy atom. The van der Waals surface area contributed by atoms with E-state index in [1.165, 1.54) is 5.56 Å². The molecule has 0 aliphatic rings. The van der Waals surface area contributed by atoms with E-state index in [1.54, 1.807) is 12.4 Å². The number of nitrogens with zero attached hydrogens (tertiary/aromatic N) is 2. The SMILES string of the molecule is Cc1ccccc1N(CCC(=O)O)CCc1ccncc1. The van der Waals surface area contributed by atoms with Gasteiger partial charge in [-0.15, -0.1) is 0 Å². The van der Waals surface area contributed by atoms with E-state index in [2.05, 4.69) is 22.9 Å². The van der Waals surface area contributed by atoms with Crippen molar-refractivity contribution in [3.8, 4) is 0 Å². The summed E-state index contributed by atoms with van der Waals surface area (Å²) in [6, 6.07) is 12.1. The number of carbonyl (C=O) groups is 1. The number of pyridine rings is 1. The Morgan fingerprint density at radius 1 is 1.14 bits per heavy atom. The molecule has 0 unspecified atom stereocenters. The first kappa shape index (κ1) is 15.0. The summed E-state index contributed by atoms with van der Waals surface area (Å²) in [6.45, 7) is 3.36. The highest BCUT2D eigenvalue weighted by Gasteiger charge is 2.10. The Bertz CT molecular complexity index is 584. The fourth-order valence-electron chi connectivity index (χ4n) is 2.32. The first-order valence-corrected chi connectivity index (χ1v) is 7.08. The summed E-state index contributed by atoms with van der Waals surface area (Å²) in [5, 5.41) is 8.93. The molecule has 21 heavy (non-hydrogen) atoms. The molecule has 0 atom stereocenters. The van der Waals surface area contributed by atoms with Crippen LogP contribution in [-0.4, -0.2) is 29.1 Å². The van der Waals surface area contributed by atoms with Gasteiger partial charge in [-0.1, -0.05) is 18.2 Å². The number of aryl methyl sites for hydroxylation is 1. The van der Waals surface area contributed by atoms with Crippen molar-refractivity contribution in [2.75, 3.05) is 18.0 Å². The summed E-state index contributed by atoms with van der Waals surface area (Å²) in [5.74, 6) is -0.766. The van der Waals surface area contributed by atoms with Crippen LogP contribution in [0.25, 0.3) is 0 Å². The third-order valence-corrected chi connectivity index (χ3v) is 3.47. The summed E-state index contributed by atoms with van der Waals surface area (Å²) < 4.78 is 0. The number of anilines is 1. The highest BCUT2D eigenvalue weighted by atomic mass is 16.4. The number of hydrogen-bond acceptors (Lipinski definition) is 3. The number of aromatic nitrogens is 1. The lowest BCUT2D eigenvalue weighted by Gasteiger charge is -2.26. The Balaban J connectivity index is 2.09. The van der Waals surface area contributed by atoms with Crippen molar-refractivity contribution >= 4 is 11.7 Å². The molecule has 0 fully saturated rings. The minimum absolute atomic E-state index is 0.144. The Kier molecular flexibility index (Phi) is 5.32. The molecule has 0 bridgehead atoms. The van der Waals surface area contributed by atoms with Crippen LogP contribution in [0.1, 0.15) is 17.5 Å². The predicted octanol–water partition coefficient (Wildman–Crippen LogP) is 2.91. The zero-order valence-corrected chi connectivity index (χ0v) is 12.2. The highest BCUT2D eigenvalue weighted by Crippen LogP contribution is 2.20. The van der Waals surface area contributed by atoms with Crippen LogP contribution >= 0.6 is 0 Å². The van der Waals surface area contributed by atoms with E-state index in [0.717, 1.165) is 24.2 Å². The van der Waals surface area contributed by atoms with Crippen molar-refractivity contribution in [3.63, 3.8) is 0 Å². The van der Waals surface area contributed by atoms with Crippen LogP contribution in [0.2, 0.25) is 0 Å². The fourth-order valence-corrected chi connectivity index (χ4v) is 2.32. The Labute approximate surface area is 125 Å². The van der Waals surface area contributed by atoms with Crippen LogP contribution in [0.15, 0.2) is 48.8 Å². The van der Waals surface area contributed by atoms with E-state index < -0.39 is 5.97 Å². The van der Waals surface area contributed by atoms with Crippen molar-refractivity contribution in [3.05, 3.63) is 59.9 Å². The molecule has 0 amide bonds. The number of rotatable bonds is 7. The summed E-state index contributed by atoms with van der Waals surface area (Å²) in [7, 11) is 0. The molecule has 110 valence electrons. The predicted molar refractivity (Wildman–Crippen MR) is 83.6 cm³/mol. The summed E-state index contributed by atoms with van der Waals surface area (Å²) >= 11 is 0. The smallest absolute Gasteiger partial charge is 0.305 e. The van der Waals surface area contributed by atoms with Gasteiger partial charge >= 0.3 is 5.97 Å². The second kappa shape index (κ2) is 7.43. The molecule has 1 heterocycles. The molecule has 0 radical (unpaired) electrons. The van der Waals surface area contributed by atoms with Gasteiger partial charge in [0.15, 0.2) is 0 Å². The summed E-state index contributed by atoms with van der Waals surface area (Å²) in [4.78, 5) is 17.0. The number of aliphatic carboxylic acids is 1. The molecule has 4 heteroatoms. The molecule has 4 nitrogen and oxygen atoms in total. The largest absolute Gasteiger partial charge is 0.481 e. The quantitative estimate of drug-likeness (QED) is 0.849. The normalized spacial score (nSPS) is 10.3. The second-order valence-electron chi connectivity index (χ2n) is 5.02. The van der Waals surface area contributed by atoms with Gasteiger partial charge in [0.25, 0.3) is 0 Å². The average Bonchev–Trinajstić information content (AvgIpc) is 2.49. The van der Waals surface area contributed by atoms with Crippen molar-refractivity contribution < 1.29 is 9.90 Å². The molecular weight excluding hydrogens is 264 g/mol. The molecule has 0 aliphatic heterocycles. The van der Waals surface area contributed by atoms with E-state index in [-0.39, 0.29) is 6.42 Å². The van der Waals surface area contributed by atoms with Crippen molar-refractivity contribution in [1.29, 1.82) is 0 Å². The van der Waals surface area contributed by atoms with Gasteiger partial charge in [0.2, 0.25) is 0 Å². The molecule has 2 aromatic rings. The maximum Gasteiger partial charge on any atom is 0.305 e. The van der Waals surface area contributed by atoms with Gasteiger partial charge in [0.05, 0.1) is 6.42 Å². The second-order valence-corrected chi connectivity index (χ2v) is 5.02. The highest BCUT2D eigenvalue weighted by molar-refractivity contribution is 5.68. The molecule has 2 rings (SSSR count). The van der Waals surface area contributed by atoms with Gasteiger partial charge < -0.3 is 10.0 Å². The van der Waals surface area contributed by atoms with Gasteiger partial charge in [0, 0.05) is 31.2 Å². The maximum atomic E-state index is 10.9. The van der Waals surface area contributed by atoms with Crippen molar-refractivity contribution in [1.82, 2.24) is 4.98 Å². The molecule has 0 aliphatic carbocycles. The zero-order chi connectivity index (χ0) is 15.1. The number of carboxylic acids is 1. The number of hydrogen-bond donors (Lipinski definition) is 1. The van der Waals surface area contributed by atoms with Crippen LogP contribution in [0.3, 0.4) is 0 Å². The van der Waals surface area contributed by atoms with E-state index in [9.17, 15) is 4.79 Å². The minimum atomic E-state index is -0.766. The van der Waals surface area contributed by atoms with Gasteiger partial charge in [-0.3, -0.25) is 9.78 Å². The van der Waals surface area contributed by atoms with E-state index in [0.29, 0.717) is 6.54 Å². The van der Waals surface area contributed by atoms with Crippen molar-refractivity contribution in [2.45, 2.75) is 19.8 Å². The van der Waals surface area contributed by atoms with Gasteiger partial charge in [-0.25, -0.2) is 0 Å². The van der Waals surface area contributed by atoms with Gasteiger partial charge in [-0.05, 0) is 42.7 Å². The number of carboxylic acid groups (broad SMARTS) is 1. The van der Waals surface area contributed by atoms with Crippen LogP contribution in [-0.2, 0) is 11.2 Å². The molecular formula is C17H20N2O2. The fraction of sp³-hybridized carbons (Fsp3) is 0.294. The number of benzene rings is 1.